The van der Waals surface area contributed by atoms with Crippen LogP contribution >= 0.6 is 15.9 Å². The van der Waals surface area contributed by atoms with E-state index in [0.717, 1.165) is 46.9 Å². The van der Waals surface area contributed by atoms with Crippen molar-refractivity contribution in [2.24, 2.45) is 21.8 Å². The van der Waals surface area contributed by atoms with E-state index in [1.807, 2.05) is 0 Å². The van der Waals surface area contributed by atoms with Gasteiger partial charge >= 0.3 is 0 Å². The van der Waals surface area contributed by atoms with Crippen LogP contribution in [0.25, 0.3) is 0 Å². The Kier molecular flexibility index (Phi) is 8.87. The Morgan fingerprint density at radius 1 is 1.10 bits per heavy atom. The molecule has 0 aromatic heterocycles. The molecule has 1 unspecified atom stereocenters. The molecule has 1 aliphatic heterocycles. The van der Waals surface area contributed by atoms with Crippen LogP contribution in [0, 0.1) is 11.8 Å². The minimum atomic E-state index is 0.455. The number of aliphatic imine (C=N–C) groups is 2. The predicted molar refractivity (Wildman–Crippen MR) is 134 cm³/mol. The van der Waals surface area contributed by atoms with Crippen LogP contribution in [0.15, 0.2) is 74.3 Å². The van der Waals surface area contributed by atoms with Gasteiger partial charge in [-0.25, -0.2) is 9.98 Å². The smallest absolute Gasteiger partial charge is 0.132 e. The Morgan fingerprint density at radius 3 is 2.73 bits per heavy atom. The van der Waals surface area contributed by atoms with Gasteiger partial charge in [0.1, 0.15) is 5.84 Å². The van der Waals surface area contributed by atoms with Crippen molar-refractivity contribution in [3.8, 4) is 0 Å². The van der Waals surface area contributed by atoms with Gasteiger partial charge in [-0.1, -0.05) is 92.4 Å². The average Bonchev–Trinajstić information content (AvgIpc) is 3.09. The molecule has 160 valence electrons. The zero-order chi connectivity index (χ0) is 21.3. The lowest BCUT2D eigenvalue weighted by Gasteiger charge is -2.15. The van der Waals surface area contributed by atoms with E-state index in [9.17, 15) is 0 Å². The fraction of sp³-hybridized carbons (Fsp3) is 0.481. The van der Waals surface area contributed by atoms with Gasteiger partial charge in [0.05, 0.1) is 11.4 Å². The molecule has 1 saturated carbocycles. The number of amidine groups is 1. The van der Waals surface area contributed by atoms with Crippen LogP contribution in [0.4, 0.5) is 0 Å². The van der Waals surface area contributed by atoms with Gasteiger partial charge in [-0.3, -0.25) is 0 Å². The first kappa shape index (κ1) is 22.9. The summed E-state index contributed by atoms with van der Waals surface area (Å²) in [5, 5.41) is 0. The number of nitrogens with zero attached hydrogens (tertiary/aromatic N) is 2. The molecule has 2 aliphatic rings. The number of allylic oxidation sites excluding steroid dienone is 4. The quantitative estimate of drug-likeness (QED) is 0.296. The number of hydrogen-bond donors (Lipinski definition) is 0. The van der Waals surface area contributed by atoms with E-state index in [1.165, 1.54) is 43.2 Å². The maximum absolute atomic E-state index is 5.19. The summed E-state index contributed by atoms with van der Waals surface area (Å²) in [5.74, 6) is 2.30. The Labute approximate surface area is 191 Å². The topological polar surface area (TPSA) is 24.7 Å². The molecular weight excluding hydrogens is 432 g/mol. The van der Waals surface area contributed by atoms with Crippen LogP contribution in [0.5, 0.6) is 0 Å². The van der Waals surface area contributed by atoms with Crippen LogP contribution < -0.4 is 0 Å². The molecule has 1 heterocycles. The lowest BCUT2D eigenvalue weighted by Crippen LogP contribution is -2.14. The minimum Gasteiger partial charge on any atom is -0.237 e. The van der Waals surface area contributed by atoms with Gasteiger partial charge in [-0.15, -0.1) is 0 Å². The van der Waals surface area contributed by atoms with Crippen LogP contribution in [-0.2, 0) is 0 Å². The Hall–Kier alpha value is -1.74. The Bertz CT molecular complexity index is 873. The van der Waals surface area contributed by atoms with E-state index in [0.29, 0.717) is 5.92 Å². The number of hydrogen-bond acceptors (Lipinski definition) is 2. The lowest BCUT2D eigenvalue weighted by atomic mass is 9.97. The van der Waals surface area contributed by atoms with Crippen molar-refractivity contribution in [2.75, 3.05) is 0 Å². The number of benzene rings is 1. The van der Waals surface area contributed by atoms with Crippen molar-refractivity contribution >= 4 is 27.5 Å². The van der Waals surface area contributed by atoms with Crippen molar-refractivity contribution in [1.82, 2.24) is 0 Å². The van der Waals surface area contributed by atoms with Gasteiger partial charge < -0.3 is 0 Å². The van der Waals surface area contributed by atoms with Crippen molar-refractivity contribution < 1.29 is 0 Å². The Balaban J connectivity index is 2.02. The maximum atomic E-state index is 5.19. The third-order valence-corrected chi connectivity index (χ3v) is 6.50. The zero-order valence-corrected chi connectivity index (χ0v) is 20.3. The molecule has 0 bridgehead atoms. The molecule has 0 saturated heterocycles. The Morgan fingerprint density at radius 2 is 1.97 bits per heavy atom. The van der Waals surface area contributed by atoms with Crippen molar-refractivity contribution in [1.29, 1.82) is 0 Å². The number of rotatable bonds is 6. The summed E-state index contributed by atoms with van der Waals surface area (Å²) in [5.41, 5.74) is 4.62. The van der Waals surface area contributed by atoms with E-state index in [2.05, 4.69) is 85.3 Å². The van der Waals surface area contributed by atoms with Crippen molar-refractivity contribution in [3.63, 3.8) is 0 Å². The molecular formula is C27H35BrN2. The third-order valence-electron chi connectivity index (χ3n) is 6.01. The summed E-state index contributed by atoms with van der Waals surface area (Å²) in [6.07, 6.45) is 18.1. The molecule has 2 nitrogen and oxygen atoms in total. The maximum Gasteiger partial charge on any atom is 0.132 e. The number of halogens is 1. The normalized spacial score (nSPS) is 23.5. The van der Waals surface area contributed by atoms with Crippen molar-refractivity contribution in [3.05, 3.63) is 69.9 Å². The summed E-state index contributed by atoms with van der Waals surface area (Å²) < 4.78 is 1.09. The minimum absolute atomic E-state index is 0.455. The summed E-state index contributed by atoms with van der Waals surface area (Å²) in [6, 6.07) is 8.49. The van der Waals surface area contributed by atoms with E-state index in [-0.39, 0.29) is 0 Å². The van der Waals surface area contributed by atoms with Gasteiger partial charge in [0.15, 0.2) is 0 Å². The zero-order valence-electron chi connectivity index (χ0n) is 18.7. The summed E-state index contributed by atoms with van der Waals surface area (Å²) in [7, 11) is 0. The molecule has 1 aliphatic carbocycles. The molecule has 3 heteroatoms. The summed E-state index contributed by atoms with van der Waals surface area (Å²) in [6.45, 7) is 6.76. The molecule has 1 fully saturated rings. The van der Waals surface area contributed by atoms with Crippen molar-refractivity contribution in [2.45, 2.75) is 72.1 Å². The average molecular weight is 467 g/mol. The second-order valence-electron chi connectivity index (χ2n) is 8.52. The standard InChI is InChI=1S/C27H35BrN2/c1-4-6-11-21(9-5-2)25-17-18-26(23-13-8-14-24(28)19-23)30-27(29-25)22-12-7-10-20(3)15-16-22/h6,8-9,11,13-14,17,19-20,22H,4-5,7,10,12,15-16,18H2,1-3H3/b11-6-,21-9+/t20-,22?/m0/s1. The highest BCUT2D eigenvalue weighted by atomic mass is 79.9. The van der Waals surface area contributed by atoms with Crippen LogP contribution in [0.3, 0.4) is 0 Å². The fourth-order valence-corrected chi connectivity index (χ4v) is 4.65. The van der Waals surface area contributed by atoms with Gasteiger partial charge in [0.2, 0.25) is 0 Å². The van der Waals surface area contributed by atoms with Gasteiger partial charge in [0.25, 0.3) is 0 Å². The highest BCUT2D eigenvalue weighted by Crippen LogP contribution is 2.31. The first-order valence-electron chi connectivity index (χ1n) is 11.6. The second kappa shape index (κ2) is 11.6. The SMILES string of the molecule is CC/C=C\C(=C/CC)C1=CCC(c2cccc(Br)c2)=NC(C2CCC[C@H](C)CC2)=N1. The van der Waals surface area contributed by atoms with Gasteiger partial charge in [-0.2, -0.15) is 0 Å². The summed E-state index contributed by atoms with van der Waals surface area (Å²) >= 11 is 3.62. The van der Waals surface area contributed by atoms with Gasteiger partial charge in [0, 0.05) is 16.8 Å². The molecule has 0 radical (unpaired) electrons. The third kappa shape index (κ3) is 6.38. The molecule has 0 amide bonds. The fourth-order valence-electron chi connectivity index (χ4n) is 4.25. The summed E-state index contributed by atoms with van der Waals surface area (Å²) in [4.78, 5) is 10.4. The highest BCUT2D eigenvalue weighted by Gasteiger charge is 2.23. The first-order valence-corrected chi connectivity index (χ1v) is 12.4. The second-order valence-corrected chi connectivity index (χ2v) is 9.44. The molecule has 2 atom stereocenters. The molecule has 0 N–H and O–H groups in total. The molecule has 1 aromatic rings. The molecule has 30 heavy (non-hydrogen) atoms. The first-order chi connectivity index (χ1) is 14.6. The molecule has 1 aromatic carbocycles. The van der Waals surface area contributed by atoms with Gasteiger partial charge in [-0.05, 0) is 54.9 Å². The van der Waals surface area contributed by atoms with E-state index in [4.69, 9.17) is 9.98 Å². The van der Waals surface area contributed by atoms with E-state index in [1.54, 1.807) is 0 Å². The molecule has 3 rings (SSSR count). The monoisotopic (exact) mass is 466 g/mol. The van der Waals surface area contributed by atoms with Crippen LogP contribution in [-0.4, -0.2) is 11.5 Å². The largest absolute Gasteiger partial charge is 0.237 e. The lowest BCUT2D eigenvalue weighted by molar-refractivity contribution is 0.498. The predicted octanol–water partition coefficient (Wildman–Crippen LogP) is 8.44. The van der Waals surface area contributed by atoms with E-state index >= 15 is 0 Å². The van der Waals surface area contributed by atoms with Crippen LogP contribution in [0.2, 0.25) is 0 Å². The highest BCUT2D eigenvalue weighted by molar-refractivity contribution is 9.10. The van der Waals surface area contributed by atoms with Crippen LogP contribution in [0.1, 0.15) is 77.7 Å². The molecule has 0 spiro atoms. The van der Waals surface area contributed by atoms with E-state index < -0.39 is 0 Å².